The Morgan fingerprint density at radius 1 is 0.560 bits per heavy atom. The second-order valence-corrected chi connectivity index (χ2v) is 7.99. The molecule has 0 aromatic rings. The van der Waals surface area contributed by atoms with Crippen molar-refractivity contribution in [1.82, 2.24) is 0 Å². The molecule has 150 valence electrons. The molecule has 0 heterocycles. The normalized spacial score (nSPS) is 12.6. The fraction of sp³-hybridized carbons (Fsp3) is 1.00. The van der Waals surface area contributed by atoms with Crippen LogP contribution >= 0.6 is 0 Å². The molecule has 0 aliphatic rings. The van der Waals surface area contributed by atoms with Crippen LogP contribution in [0.4, 0.5) is 0 Å². The van der Waals surface area contributed by atoms with Gasteiger partial charge in [0.1, 0.15) is 0 Å². The zero-order valence-electron chi connectivity index (χ0n) is 17.7. The molecular formula is C23H47NO. The zero-order valence-corrected chi connectivity index (χ0v) is 17.7. The van der Waals surface area contributed by atoms with Crippen LogP contribution in [0.3, 0.4) is 0 Å². The van der Waals surface area contributed by atoms with Crippen LogP contribution in [-0.2, 0) is 0 Å². The monoisotopic (exact) mass is 353 g/mol. The summed E-state index contributed by atoms with van der Waals surface area (Å²) in [7, 11) is 0. The topological polar surface area (TPSA) is 29.4 Å². The second kappa shape index (κ2) is 19.9. The molecule has 0 aromatic carbocycles. The summed E-state index contributed by atoms with van der Waals surface area (Å²) in [5.74, 6) is 0.504. The van der Waals surface area contributed by atoms with Gasteiger partial charge < -0.3 is 0 Å². The highest BCUT2D eigenvalue weighted by Crippen LogP contribution is 2.22. The molecule has 0 fully saturated rings. The van der Waals surface area contributed by atoms with Crippen LogP contribution < -0.4 is 0 Å². The van der Waals surface area contributed by atoms with Crippen LogP contribution in [-0.4, -0.2) is 6.04 Å². The minimum Gasteiger partial charge on any atom is -0.151 e. The molecule has 0 aliphatic heterocycles. The molecule has 0 aliphatic carbocycles. The van der Waals surface area contributed by atoms with Gasteiger partial charge in [-0.3, -0.25) is 0 Å². The van der Waals surface area contributed by atoms with Crippen LogP contribution in [0.2, 0.25) is 0 Å². The van der Waals surface area contributed by atoms with Crippen molar-refractivity contribution >= 4 is 0 Å². The molecule has 0 spiro atoms. The van der Waals surface area contributed by atoms with Crippen LogP contribution in [0.1, 0.15) is 136 Å². The van der Waals surface area contributed by atoms with E-state index in [1.54, 1.807) is 0 Å². The standard InChI is InChI=1S/C23H47NO/c1-4-7-8-9-10-11-12-13-14-15-16-17-18-19-20-21-23(24-25)22(5-2)6-3/h22-23H,4-21H2,1-3H3. The van der Waals surface area contributed by atoms with E-state index in [1.165, 1.54) is 96.3 Å². The van der Waals surface area contributed by atoms with Crippen LogP contribution in [0.15, 0.2) is 5.18 Å². The van der Waals surface area contributed by atoms with E-state index in [0.29, 0.717) is 5.92 Å². The Kier molecular flexibility index (Phi) is 19.6. The maximum Gasteiger partial charge on any atom is 0.0947 e. The Hall–Kier alpha value is -0.400. The third-order valence-electron chi connectivity index (χ3n) is 5.83. The summed E-state index contributed by atoms with van der Waals surface area (Å²) < 4.78 is 0. The predicted molar refractivity (Wildman–Crippen MR) is 113 cm³/mol. The summed E-state index contributed by atoms with van der Waals surface area (Å²) in [4.78, 5) is 11.0. The molecule has 1 atom stereocenters. The summed E-state index contributed by atoms with van der Waals surface area (Å²) in [5.41, 5.74) is 0. The number of rotatable bonds is 20. The minimum atomic E-state index is 0.0666. The first-order chi connectivity index (χ1) is 12.3. The van der Waals surface area contributed by atoms with Gasteiger partial charge >= 0.3 is 0 Å². The van der Waals surface area contributed by atoms with Gasteiger partial charge in [-0.2, -0.15) is 4.91 Å². The molecule has 0 radical (unpaired) electrons. The minimum absolute atomic E-state index is 0.0666. The largest absolute Gasteiger partial charge is 0.151 e. The Morgan fingerprint density at radius 2 is 0.920 bits per heavy atom. The van der Waals surface area contributed by atoms with E-state index < -0.39 is 0 Å². The van der Waals surface area contributed by atoms with Gasteiger partial charge in [-0.25, -0.2) is 0 Å². The van der Waals surface area contributed by atoms with E-state index in [9.17, 15) is 4.91 Å². The maximum absolute atomic E-state index is 11.0. The van der Waals surface area contributed by atoms with Crippen molar-refractivity contribution in [3.05, 3.63) is 4.91 Å². The van der Waals surface area contributed by atoms with Gasteiger partial charge in [-0.1, -0.05) is 135 Å². The summed E-state index contributed by atoms with van der Waals surface area (Å²) in [5, 5.41) is 3.38. The number of nitrogens with zero attached hydrogens (tertiary/aromatic N) is 1. The fourth-order valence-electron chi connectivity index (χ4n) is 3.93. The highest BCUT2D eigenvalue weighted by atomic mass is 16.3. The van der Waals surface area contributed by atoms with Gasteiger partial charge in [-0.05, 0) is 12.3 Å². The van der Waals surface area contributed by atoms with Crippen LogP contribution in [0, 0.1) is 10.8 Å². The van der Waals surface area contributed by atoms with E-state index in [1.807, 2.05) is 0 Å². The quantitative estimate of drug-likeness (QED) is 0.159. The van der Waals surface area contributed by atoms with Crippen LogP contribution in [0.5, 0.6) is 0 Å². The Morgan fingerprint density at radius 3 is 1.24 bits per heavy atom. The van der Waals surface area contributed by atoms with Crippen molar-refractivity contribution in [2.24, 2.45) is 11.1 Å². The highest BCUT2D eigenvalue weighted by Gasteiger charge is 2.18. The molecule has 25 heavy (non-hydrogen) atoms. The average molecular weight is 354 g/mol. The first-order valence-electron chi connectivity index (χ1n) is 11.6. The SMILES string of the molecule is CCCCCCCCCCCCCCCCCC(N=O)C(CC)CC. The predicted octanol–water partition coefficient (Wildman–Crippen LogP) is 8.82. The zero-order chi connectivity index (χ0) is 18.6. The van der Waals surface area contributed by atoms with E-state index >= 15 is 0 Å². The van der Waals surface area contributed by atoms with Crippen molar-refractivity contribution in [3.63, 3.8) is 0 Å². The molecule has 0 N–H and O–H groups in total. The van der Waals surface area contributed by atoms with Crippen molar-refractivity contribution in [2.75, 3.05) is 0 Å². The van der Waals surface area contributed by atoms with E-state index in [0.717, 1.165) is 19.3 Å². The molecule has 1 unspecified atom stereocenters. The average Bonchev–Trinajstić information content (AvgIpc) is 2.64. The summed E-state index contributed by atoms with van der Waals surface area (Å²) in [6, 6.07) is 0.0666. The lowest BCUT2D eigenvalue weighted by Gasteiger charge is -2.18. The van der Waals surface area contributed by atoms with Gasteiger partial charge in [0.25, 0.3) is 0 Å². The summed E-state index contributed by atoms with van der Waals surface area (Å²) in [6.45, 7) is 6.64. The Labute approximate surface area is 158 Å². The lowest BCUT2D eigenvalue weighted by molar-refractivity contribution is 0.366. The fourth-order valence-corrected chi connectivity index (χ4v) is 3.93. The third-order valence-corrected chi connectivity index (χ3v) is 5.83. The van der Waals surface area contributed by atoms with Gasteiger partial charge in [0.2, 0.25) is 0 Å². The molecule has 0 amide bonds. The lowest BCUT2D eigenvalue weighted by Crippen LogP contribution is -2.16. The Bertz CT molecular complexity index is 263. The highest BCUT2D eigenvalue weighted by molar-refractivity contribution is 4.74. The molecule has 2 nitrogen and oxygen atoms in total. The maximum atomic E-state index is 11.0. The number of hydrogen-bond acceptors (Lipinski definition) is 2. The third kappa shape index (κ3) is 15.6. The first kappa shape index (κ1) is 24.6. The second-order valence-electron chi connectivity index (χ2n) is 7.99. The van der Waals surface area contributed by atoms with Gasteiger partial charge in [-0.15, -0.1) is 0 Å². The van der Waals surface area contributed by atoms with E-state index in [2.05, 4.69) is 25.9 Å². The van der Waals surface area contributed by atoms with Crippen molar-refractivity contribution in [1.29, 1.82) is 0 Å². The molecule has 0 rings (SSSR count). The Balaban J connectivity index is 3.27. The first-order valence-corrected chi connectivity index (χ1v) is 11.6. The van der Waals surface area contributed by atoms with E-state index in [-0.39, 0.29) is 6.04 Å². The molecule has 0 aromatic heterocycles. The molecule has 0 saturated heterocycles. The van der Waals surface area contributed by atoms with Crippen molar-refractivity contribution in [3.8, 4) is 0 Å². The smallest absolute Gasteiger partial charge is 0.0947 e. The number of hydrogen-bond donors (Lipinski definition) is 0. The molecule has 0 bridgehead atoms. The summed E-state index contributed by atoms with van der Waals surface area (Å²) in [6.07, 6.45) is 24.1. The van der Waals surface area contributed by atoms with Crippen molar-refractivity contribution < 1.29 is 0 Å². The van der Waals surface area contributed by atoms with Gasteiger partial charge in [0.15, 0.2) is 0 Å². The van der Waals surface area contributed by atoms with Gasteiger partial charge in [0.05, 0.1) is 6.04 Å². The molecule has 2 heteroatoms. The van der Waals surface area contributed by atoms with Crippen molar-refractivity contribution in [2.45, 2.75) is 142 Å². The number of unbranched alkanes of at least 4 members (excludes halogenated alkanes) is 14. The van der Waals surface area contributed by atoms with Crippen LogP contribution in [0.25, 0.3) is 0 Å². The molecular weight excluding hydrogens is 306 g/mol. The summed E-state index contributed by atoms with van der Waals surface area (Å²) >= 11 is 0. The molecule has 0 saturated carbocycles. The number of nitroso groups, excluding NO2 is 1. The van der Waals surface area contributed by atoms with Gasteiger partial charge in [0, 0.05) is 0 Å². The van der Waals surface area contributed by atoms with E-state index in [4.69, 9.17) is 0 Å². The lowest BCUT2D eigenvalue weighted by atomic mass is 9.91.